The molecule has 7 heteroatoms. The van der Waals surface area contributed by atoms with E-state index in [0.29, 0.717) is 24.6 Å². The zero-order valence-corrected chi connectivity index (χ0v) is 13.4. The van der Waals surface area contributed by atoms with Crippen molar-refractivity contribution < 1.29 is 13.2 Å². The highest BCUT2D eigenvalue weighted by Gasteiger charge is 2.30. The topological polar surface area (TPSA) is 68.2 Å². The molecule has 1 aromatic rings. The molecule has 2 aliphatic rings. The summed E-state index contributed by atoms with van der Waals surface area (Å²) in [5, 5.41) is 2.96. The van der Waals surface area contributed by atoms with E-state index < -0.39 is 9.84 Å². The summed E-state index contributed by atoms with van der Waals surface area (Å²) in [6.45, 7) is 0. The summed E-state index contributed by atoms with van der Waals surface area (Å²) in [5.74, 6) is 0.239. The Labute approximate surface area is 126 Å². The van der Waals surface area contributed by atoms with Gasteiger partial charge in [0.1, 0.15) is 15.5 Å². The fourth-order valence-electron chi connectivity index (χ4n) is 2.58. The predicted octanol–water partition coefficient (Wildman–Crippen LogP) is 1.89. The number of halogens is 1. The van der Waals surface area contributed by atoms with Crippen LogP contribution in [0.25, 0.3) is 0 Å². The number of nitrogens with zero attached hydrogens (tertiary/aromatic N) is 1. The Hall–Kier alpha value is -0.820. The fraction of sp³-hybridized carbons (Fsp3) is 0.615. The van der Waals surface area contributed by atoms with Crippen molar-refractivity contribution in [1.29, 1.82) is 0 Å². The van der Waals surface area contributed by atoms with E-state index in [9.17, 15) is 13.2 Å². The molecule has 0 atom stereocenters. The first kappa shape index (κ1) is 14.1. The number of aromatic nitrogens is 1. The maximum atomic E-state index is 12.3. The van der Waals surface area contributed by atoms with Crippen LogP contribution in [-0.2, 0) is 9.84 Å². The molecule has 1 amide bonds. The van der Waals surface area contributed by atoms with Crippen molar-refractivity contribution in [3.63, 3.8) is 0 Å². The van der Waals surface area contributed by atoms with Crippen LogP contribution in [0.3, 0.4) is 0 Å². The summed E-state index contributed by atoms with van der Waals surface area (Å²) in [6, 6.07) is 2.23. The zero-order chi connectivity index (χ0) is 14.3. The van der Waals surface area contributed by atoms with Gasteiger partial charge < -0.3 is 9.88 Å². The van der Waals surface area contributed by atoms with Crippen molar-refractivity contribution in [3.05, 3.63) is 22.4 Å². The van der Waals surface area contributed by atoms with Gasteiger partial charge >= 0.3 is 0 Å². The molecule has 1 saturated heterocycles. The molecule has 0 unspecified atom stereocenters. The number of sulfone groups is 1. The molecule has 1 saturated carbocycles. The normalized spacial score (nSPS) is 22.6. The molecule has 110 valence electrons. The number of hydrogen-bond donors (Lipinski definition) is 1. The van der Waals surface area contributed by atoms with Gasteiger partial charge in [0.2, 0.25) is 0 Å². The number of amides is 1. The molecule has 1 aliphatic carbocycles. The van der Waals surface area contributed by atoms with Gasteiger partial charge in [0.05, 0.1) is 11.5 Å². The van der Waals surface area contributed by atoms with Crippen LogP contribution < -0.4 is 5.32 Å². The summed E-state index contributed by atoms with van der Waals surface area (Å²) >= 11 is 3.41. The van der Waals surface area contributed by atoms with E-state index >= 15 is 0 Å². The van der Waals surface area contributed by atoms with Crippen molar-refractivity contribution in [3.8, 4) is 0 Å². The third-order valence-electron chi connectivity index (χ3n) is 3.88. The van der Waals surface area contributed by atoms with Gasteiger partial charge in [0.25, 0.3) is 5.91 Å². The second kappa shape index (κ2) is 5.18. The van der Waals surface area contributed by atoms with E-state index in [1.807, 2.05) is 16.8 Å². The fourth-order valence-corrected chi connectivity index (χ4v) is 4.50. The standard InChI is InChI=1S/C13H17BrN2O3S/c14-9-7-12(16(8-9)11-1-2-11)13(17)15-10-3-5-20(18,19)6-4-10/h7-8,10-11H,1-6H2,(H,15,17). The maximum absolute atomic E-state index is 12.3. The van der Waals surface area contributed by atoms with Gasteiger partial charge in [-0.1, -0.05) is 0 Å². The van der Waals surface area contributed by atoms with Gasteiger partial charge in [-0.25, -0.2) is 8.42 Å². The lowest BCUT2D eigenvalue weighted by Crippen LogP contribution is -2.41. The van der Waals surface area contributed by atoms with E-state index in [0.717, 1.165) is 17.3 Å². The minimum atomic E-state index is -2.89. The number of hydrogen-bond acceptors (Lipinski definition) is 3. The minimum Gasteiger partial charge on any atom is -0.348 e. The lowest BCUT2D eigenvalue weighted by Gasteiger charge is -2.23. The molecule has 2 fully saturated rings. The van der Waals surface area contributed by atoms with Gasteiger partial charge in [-0.05, 0) is 47.7 Å². The highest BCUT2D eigenvalue weighted by atomic mass is 79.9. The Kier molecular flexibility index (Phi) is 3.66. The lowest BCUT2D eigenvalue weighted by molar-refractivity contribution is 0.0924. The molecular weight excluding hydrogens is 344 g/mol. The van der Waals surface area contributed by atoms with Crippen molar-refractivity contribution in [2.75, 3.05) is 11.5 Å². The van der Waals surface area contributed by atoms with Crippen LogP contribution in [0.15, 0.2) is 16.7 Å². The quantitative estimate of drug-likeness (QED) is 0.894. The number of carbonyl (C=O) groups excluding carboxylic acids is 1. The Morgan fingerprint density at radius 2 is 1.90 bits per heavy atom. The summed E-state index contributed by atoms with van der Waals surface area (Å²) in [5.41, 5.74) is 0.660. The van der Waals surface area contributed by atoms with Crippen LogP contribution >= 0.6 is 15.9 Å². The molecule has 2 heterocycles. The largest absolute Gasteiger partial charge is 0.348 e. The monoisotopic (exact) mass is 360 g/mol. The van der Waals surface area contributed by atoms with Crippen molar-refractivity contribution in [1.82, 2.24) is 9.88 Å². The first-order valence-corrected chi connectivity index (χ1v) is 9.45. The molecule has 0 aromatic carbocycles. The molecule has 0 spiro atoms. The van der Waals surface area contributed by atoms with Gasteiger partial charge in [-0.2, -0.15) is 0 Å². The smallest absolute Gasteiger partial charge is 0.268 e. The number of nitrogens with one attached hydrogen (secondary N) is 1. The number of rotatable bonds is 3. The number of carbonyl (C=O) groups is 1. The van der Waals surface area contributed by atoms with Gasteiger partial charge in [0.15, 0.2) is 0 Å². The van der Waals surface area contributed by atoms with E-state index in [4.69, 9.17) is 0 Å². The molecule has 1 aliphatic heterocycles. The maximum Gasteiger partial charge on any atom is 0.268 e. The Bertz CT molecular complexity index is 620. The third-order valence-corrected chi connectivity index (χ3v) is 6.03. The molecule has 20 heavy (non-hydrogen) atoms. The first-order valence-electron chi connectivity index (χ1n) is 6.83. The average Bonchev–Trinajstić information content (AvgIpc) is 3.15. The van der Waals surface area contributed by atoms with Crippen LogP contribution in [0.1, 0.15) is 42.2 Å². The van der Waals surface area contributed by atoms with Crippen LogP contribution in [0.5, 0.6) is 0 Å². The van der Waals surface area contributed by atoms with Gasteiger partial charge in [-0.15, -0.1) is 0 Å². The summed E-state index contributed by atoms with van der Waals surface area (Å²) in [4.78, 5) is 12.3. The molecule has 0 bridgehead atoms. The second-order valence-corrected chi connectivity index (χ2v) is 8.80. The van der Waals surface area contributed by atoms with E-state index in [1.165, 1.54) is 0 Å². The zero-order valence-electron chi connectivity index (χ0n) is 11.0. The Morgan fingerprint density at radius 1 is 1.25 bits per heavy atom. The van der Waals surface area contributed by atoms with Crippen LogP contribution in [-0.4, -0.2) is 36.4 Å². The average molecular weight is 361 g/mol. The molecule has 1 N–H and O–H groups in total. The van der Waals surface area contributed by atoms with Crippen molar-refractivity contribution in [2.45, 2.75) is 37.8 Å². The second-order valence-electron chi connectivity index (χ2n) is 5.58. The molecule has 5 nitrogen and oxygen atoms in total. The van der Waals surface area contributed by atoms with Crippen molar-refractivity contribution in [2.24, 2.45) is 0 Å². The van der Waals surface area contributed by atoms with Crippen molar-refractivity contribution >= 4 is 31.7 Å². The van der Waals surface area contributed by atoms with Gasteiger partial charge in [0, 0.05) is 22.8 Å². The summed E-state index contributed by atoms with van der Waals surface area (Å²) in [6.07, 6.45) is 5.20. The van der Waals surface area contributed by atoms with Crippen LogP contribution in [0, 0.1) is 0 Å². The van der Waals surface area contributed by atoms with Crippen LogP contribution in [0.4, 0.5) is 0 Å². The SMILES string of the molecule is O=C(NC1CCS(=O)(=O)CC1)c1cc(Br)cn1C1CC1. The first-order chi connectivity index (χ1) is 9.44. The molecule has 3 rings (SSSR count). The van der Waals surface area contributed by atoms with E-state index in [-0.39, 0.29) is 23.5 Å². The Balaban J connectivity index is 1.68. The van der Waals surface area contributed by atoms with E-state index in [1.54, 1.807) is 0 Å². The predicted molar refractivity (Wildman–Crippen MR) is 79.5 cm³/mol. The van der Waals surface area contributed by atoms with Gasteiger partial charge in [-0.3, -0.25) is 4.79 Å². The molecule has 0 radical (unpaired) electrons. The highest BCUT2D eigenvalue weighted by Crippen LogP contribution is 2.37. The lowest BCUT2D eigenvalue weighted by atomic mass is 10.1. The molecular formula is C13H17BrN2O3S. The molecule has 1 aromatic heterocycles. The Morgan fingerprint density at radius 3 is 2.50 bits per heavy atom. The summed E-state index contributed by atoms with van der Waals surface area (Å²) < 4.78 is 25.7. The highest BCUT2D eigenvalue weighted by molar-refractivity contribution is 9.10. The van der Waals surface area contributed by atoms with Crippen LogP contribution in [0.2, 0.25) is 0 Å². The minimum absolute atomic E-state index is 0.0349. The van der Waals surface area contributed by atoms with E-state index in [2.05, 4.69) is 21.2 Å². The summed E-state index contributed by atoms with van der Waals surface area (Å²) in [7, 11) is -2.89. The third kappa shape index (κ3) is 3.09.